The highest BCUT2D eigenvalue weighted by Gasteiger charge is 2.25. The fraction of sp³-hybridized carbons (Fsp3) is 0.500. The molecule has 0 aliphatic heterocycles. The first-order valence-corrected chi connectivity index (χ1v) is 7.98. The average Bonchev–Trinajstić information content (AvgIpc) is 2.44. The van der Waals surface area contributed by atoms with Gasteiger partial charge in [-0.05, 0) is 38.5 Å². The lowest BCUT2D eigenvalue weighted by Crippen LogP contribution is -2.48. The summed E-state index contributed by atoms with van der Waals surface area (Å²) >= 11 is 3.39. The Morgan fingerprint density at radius 1 is 1.19 bits per heavy atom. The van der Waals surface area contributed by atoms with Gasteiger partial charge >= 0.3 is 0 Å². The van der Waals surface area contributed by atoms with Crippen LogP contribution in [0.2, 0.25) is 0 Å². The van der Waals surface area contributed by atoms with Crippen LogP contribution in [0.5, 0.6) is 0 Å². The van der Waals surface area contributed by atoms with Crippen molar-refractivity contribution < 1.29 is 9.59 Å². The van der Waals surface area contributed by atoms with Gasteiger partial charge in [-0.1, -0.05) is 35.0 Å². The Labute approximate surface area is 135 Å². The van der Waals surface area contributed by atoms with Crippen LogP contribution in [-0.2, 0) is 16.1 Å². The van der Waals surface area contributed by atoms with Gasteiger partial charge in [-0.25, -0.2) is 0 Å². The van der Waals surface area contributed by atoms with Crippen LogP contribution in [0.3, 0.4) is 0 Å². The molecule has 0 aliphatic carbocycles. The lowest BCUT2D eigenvalue weighted by Gasteiger charge is -2.29. The van der Waals surface area contributed by atoms with E-state index in [1.807, 2.05) is 45.0 Å². The van der Waals surface area contributed by atoms with Crippen molar-refractivity contribution in [3.63, 3.8) is 0 Å². The second-order valence-electron chi connectivity index (χ2n) is 5.34. The molecule has 0 spiro atoms. The molecular formula is C16H23BrN2O2. The van der Waals surface area contributed by atoms with Crippen molar-refractivity contribution in [2.24, 2.45) is 0 Å². The first-order chi connectivity index (χ1) is 9.85. The third kappa shape index (κ3) is 5.50. The largest absolute Gasteiger partial charge is 0.352 e. The maximum Gasteiger partial charge on any atom is 0.242 e. The van der Waals surface area contributed by atoms with Crippen molar-refractivity contribution in [3.8, 4) is 0 Å². The van der Waals surface area contributed by atoms with Crippen molar-refractivity contribution in [3.05, 3.63) is 34.3 Å². The molecule has 116 valence electrons. The summed E-state index contributed by atoms with van der Waals surface area (Å²) < 4.78 is 0.991. The van der Waals surface area contributed by atoms with Crippen LogP contribution in [0, 0.1) is 0 Å². The zero-order valence-corrected chi connectivity index (χ0v) is 14.6. The van der Waals surface area contributed by atoms with Gasteiger partial charge in [-0.2, -0.15) is 0 Å². The minimum atomic E-state index is -0.483. The number of amides is 2. The van der Waals surface area contributed by atoms with Crippen LogP contribution in [0.25, 0.3) is 0 Å². The van der Waals surface area contributed by atoms with Gasteiger partial charge < -0.3 is 10.2 Å². The lowest BCUT2D eigenvalue weighted by molar-refractivity contribution is -0.140. The Hall–Kier alpha value is -1.36. The second-order valence-corrected chi connectivity index (χ2v) is 6.26. The predicted molar refractivity (Wildman–Crippen MR) is 87.7 cm³/mol. The summed E-state index contributed by atoms with van der Waals surface area (Å²) in [6.07, 6.45) is 0.385. The molecule has 0 bridgehead atoms. The summed E-state index contributed by atoms with van der Waals surface area (Å²) in [4.78, 5) is 25.9. The number of carbonyl (C=O) groups is 2. The van der Waals surface area contributed by atoms with Crippen LogP contribution in [0.15, 0.2) is 28.7 Å². The smallest absolute Gasteiger partial charge is 0.242 e. The molecular weight excluding hydrogens is 332 g/mol. The maximum absolute atomic E-state index is 12.2. The van der Waals surface area contributed by atoms with Crippen LogP contribution in [-0.4, -0.2) is 28.8 Å². The van der Waals surface area contributed by atoms with Crippen LogP contribution in [0.1, 0.15) is 39.7 Å². The quantitative estimate of drug-likeness (QED) is 0.853. The molecule has 4 nitrogen and oxygen atoms in total. The summed E-state index contributed by atoms with van der Waals surface area (Å²) in [7, 11) is 0. The molecule has 1 unspecified atom stereocenters. The molecule has 0 saturated heterocycles. The van der Waals surface area contributed by atoms with Crippen molar-refractivity contribution in [1.29, 1.82) is 0 Å². The highest BCUT2D eigenvalue weighted by molar-refractivity contribution is 9.10. The molecule has 2 amide bonds. The first-order valence-electron chi connectivity index (χ1n) is 7.19. The monoisotopic (exact) mass is 354 g/mol. The molecule has 5 heteroatoms. The molecule has 1 N–H and O–H groups in total. The van der Waals surface area contributed by atoms with Crippen molar-refractivity contribution in [2.75, 3.05) is 0 Å². The second kappa shape index (κ2) is 8.17. The molecule has 1 rings (SSSR count). The number of nitrogens with one attached hydrogen (secondary N) is 1. The Bertz CT molecular complexity index is 486. The van der Waals surface area contributed by atoms with E-state index in [0.717, 1.165) is 10.0 Å². The summed E-state index contributed by atoms with van der Waals surface area (Å²) in [6, 6.07) is 7.35. The van der Waals surface area contributed by atoms with E-state index in [9.17, 15) is 9.59 Å². The molecule has 1 aromatic carbocycles. The number of hydrogen-bond donors (Lipinski definition) is 1. The molecule has 0 fully saturated rings. The van der Waals surface area contributed by atoms with E-state index in [2.05, 4.69) is 21.2 Å². The molecule has 21 heavy (non-hydrogen) atoms. The normalized spacial score (nSPS) is 12.1. The molecule has 1 aromatic rings. The Balaban J connectivity index is 2.87. The van der Waals surface area contributed by atoms with Gasteiger partial charge in [0.05, 0.1) is 0 Å². The van der Waals surface area contributed by atoms with Crippen molar-refractivity contribution >= 4 is 27.7 Å². The summed E-state index contributed by atoms with van der Waals surface area (Å²) in [6.45, 7) is 7.83. The van der Waals surface area contributed by atoms with Crippen molar-refractivity contribution in [1.82, 2.24) is 10.2 Å². The minimum Gasteiger partial charge on any atom is -0.352 e. The molecule has 0 saturated carbocycles. The molecule has 0 aliphatic rings. The van der Waals surface area contributed by atoms with Gasteiger partial charge in [0.15, 0.2) is 0 Å². The Kier molecular flexibility index (Phi) is 6.89. The summed E-state index contributed by atoms with van der Waals surface area (Å²) in [5.74, 6) is -0.145. The number of halogens is 1. The summed E-state index contributed by atoms with van der Waals surface area (Å²) in [5, 5.41) is 2.86. The summed E-state index contributed by atoms with van der Waals surface area (Å²) in [5.41, 5.74) is 1.00. The van der Waals surface area contributed by atoms with Gasteiger partial charge in [0.1, 0.15) is 6.04 Å². The standard InChI is InChI=1S/C16H23BrN2O2/c1-5-15(20)19(12(4)16(21)18-11(2)3)10-13-6-8-14(17)9-7-13/h6-9,11-12H,5,10H2,1-4H3,(H,18,21). The fourth-order valence-corrected chi connectivity index (χ4v) is 2.24. The maximum atomic E-state index is 12.2. The van der Waals surface area contributed by atoms with Crippen LogP contribution >= 0.6 is 15.9 Å². The zero-order chi connectivity index (χ0) is 16.0. The number of nitrogens with zero attached hydrogens (tertiary/aromatic N) is 1. The lowest BCUT2D eigenvalue weighted by atomic mass is 10.1. The highest BCUT2D eigenvalue weighted by Crippen LogP contribution is 2.14. The number of hydrogen-bond acceptors (Lipinski definition) is 2. The topological polar surface area (TPSA) is 49.4 Å². The van der Waals surface area contributed by atoms with E-state index in [-0.39, 0.29) is 17.9 Å². The van der Waals surface area contributed by atoms with Gasteiger partial charge in [-0.15, -0.1) is 0 Å². The van der Waals surface area contributed by atoms with Crippen LogP contribution < -0.4 is 5.32 Å². The van der Waals surface area contributed by atoms with E-state index in [0.29, 0.717) is 13.0 Å². The van der Waals surface area contributed by atoms with Crippen LogP contribution in [0.4, 0.5) is 0 Å². The predicted octanol–water partition coefficient (Wildman–Crippen LogP) is 3.10. The Morgan fingerprint density at radius 2 is 1.76 bits per heavy atom. The highest BCUT2D eigenvalue weighted by atomic mass is 79.9. The van der Waals surface area contributed by atoms with E-state index < -0.39 is 6.04 Å². The van der Waals surface area contributed by atoms with Gasteiger partial charge in [0.2, 0.25) is 11.8 Å². The Morgan fingerprint density at radius 3 is 2.24 bits per heavy atom. The fourth-order valence-electron chi connectivity index (χ4n) is 1.98. The van der Waals surface area contributed by atoms with E-state index in [1.165, 1.54) is 0 Å². The minimum absolute atomic E-state index is 0.0238. The van der Waals surface area contributed by atoms with E-state index in [1.54, 1.807) is 11.8 Å². The number of benzene rings is 1. The van der Waals surface area contributed by atoms with E-state index >= 15 is 0 Å². The number of rotatable bonds is 6. The molecule has 1 atom stereocenters. The zero-order valence-electron chi connectivity index (χ0n) is 13.0. The molecule has 0 aromatic heterocycles. The van der Waals surface area contributed by atoms with Gasteiger partial charge in [0.25, 0.3) is 0 Å². The van der Waals surface area contributed by atoms with Crippen molar-refractivity contribution in [2.45, 2.75) is 52.7 Å². The molecule has 0 radical (unpaired) electrons. The molecule has 0 heterocycles. The average molecular weight is 355 g/mol. The third-order valence-electron chi connectivity index (χ3n) is 3.17. The SMILES string of the molecule is CCC(=O)N(Cc1ccc(Br)cc1)C(C)C(=O)NC(C)C. The third-order valence-corrected chi connectivity index (χ3v) is 3.70. The first kappa shape index (κ1) is 17.7. The van der Waals surface area contributed by atoms with E-state index in [4.69, 9.17) is 0 Å². The van der Waals surface area contributed by atoms with Gasteiger partial charge in [-0.3, -0.25) is 9.59 Å². The number of carbonyl (C=O) groups excluding carboxylic acids is 2. The van der Waals surface area contributed by atoms with Gasteiger partial charge in [0, 0.05) is 23.5 Å².